The van der Waals surface area contributed by atoms with Crippen LogP contribution in [-0.2, 0) is 19.1 Å². The van der Waals surface area contributed by atoms with Gasteiger partial charge in [-0.1, -0.05) is 0 Å². The molecule has 0 spiro atoms. The number of nitrogens with one attached hydrogen (secondary N) is 1. The quantitative estimate of drug-likeness (QED) is 0.434. The molecule has 1 unspecified atom stereocenters. The van der Waals surface area contributed by atoms with Crippen LogP contribution in [0.2, 0.25) is 0 Å². The van der Waals surface area contributed by atoms with E-state index in [9.17, 15) is 9.59 Å². The van der Waals surface area contributed by atoms with Crippen LogP contribution in [0.4, 0.5) is 0 Å². The van der Waals surface area contributed by atoms with Crippen molar-refractivity contribution in [2.24, 2.45) is 5.73 Å². The molecule has 0 aromatic heterocycles. The van der Waals surface area contributed by atoms with E-state index in [2.05, 4.69) is 10.1 Å². The molecular formula is C11H22N2O4. The van der Waals surface area contributed by atoms with Gasteiger partial charge in [0.05, 0.1) is 6.61 Å². The maximum absolute atomic E-state index is 11.1. The Bertz CT molecular complexity index is 232. The summed E-state index contributed by atoms with van der Waals surface area (Å²) < 4.78 is 9.51. The van der Waals surface area contributed by atoms with Crippen molar-refractivity contribution in [3.8, 4) is 0 Å². The number of esters is 1. The van der Waals surface area contributed by atoms with Crippen molar-refractivity contribution in [3.05, 3.63) is 0 Å². The molecule has 3 N–H and O–H groups in total. The van der Waals surface area contributed by atoms with E-state index in [1.165, 1.54) is 7.11 Å². The molecule has 6 nitrogen and oxygen atoms in total. The molecule has 0 rings (SSSR count). The first-order valence-electron chi connectivity index (χ1n) is 5.73. The Morgan fingerprint density at radius 1 is 1.35 bits per heavy atom. The lowest BCUT2D eigenvalue weighted by Gasteiger charge is -2.07. The van der Waals surface area contributed by atoms with Crippen LogP contribution in [0.3, 0.4) is 0 Å². The Balaban J connectivity index is 3.38. The van der Waals surface area contributed by atoms with Gasteiger partial charge in [-0.15, -0.1) is 0 Å². The molecular weight excluding hydrogens is 224 g/mol. The van der Waals surface area contributed by atoms with Crippen molar-refractivity contribution in [1.82, 2.24) is 5.32 Å². The third-order valence-electron chi connectivity index (χ3n) is 2.02. The summed E-state index contributed by atoms with van der Waals surface area (Å²) in [7, 11) is 1.41. The van der Waals surface area contributed by atoms with Crippen molar-refractivity contribution in [2.45, 2.75) is 32.2 Å². The molecule has 0 aromatic rings. The zero-order valence-corrected chi connectivity index (χ0v) is 10.5. The van der Waals surface area contributed by atoms with Gasteiger partial charge in [0.25, 0.3) is 0 Å². The van der Waals surface area contributed by atoms with Crippen LogP contribution in [0.1, 0.15) is 26.2 Å². The van der Waals surface area contributed by atoms with E-state index in [1.54, 1.807) is 0 Å². The van der Waals surface area contributed by atoms with Gasteiger partial charge in [0.15, 0.2) is 0 Å². The minimum atomic E-state index is -0.435. The van der Waals surface area contributed by atoms with Crippen LogP contribution >= 0.6 is 0 Å². The number of nitrogens with two attached hydrogens (primary N) is 1. The summed E-state index contributed by atoms with van der Waals surface area (Å²) in [5, 5.41) is 2.38. The molecule has 0 aliphatic carbocycles. The standard InChI is InChI=1S/C11H22N2O4/c1-9(12)5-3-4-6-17-11(15)7-13-10(14)8-16-2/h9H,3-8,12H2,1-2H3,(H,13,14). The molecule has 1 atom stereocenters. The average molecular weight is 246 g/mol. The smallest absolute Gasteiger partial charge is 0.325 e. The van der Waals surface area contributed by atoms with Crippen molar-refractivity contribution in [2.75, 3.05) is 26.9 Å². The summed E-state index contributed by atoms with van der Waals surface area (Å²) in [5.41, 5.74) is 5.58. The minimum Gasteiger partial charge on any atom is -0.464 e. The molecule has 0 fully saturated rings. The summed E-state index contributed by atoms with van der Waals surface area (Å²) in [6.07, 6.45) is 2.64. The van der Waals surface area contributed by atoms with Crippen LogP contribution in [0.5, 0.6) is 0 Å². The van der Waals surface area contributed by atoms with E-state index in [0.29, 0.717) is 6.61 Å². The maximum atomic E-state index is 11.1. The number of hydrogen-bond acceptors (Lipinski definition) is 5. The van der Waals surface area contributed by atoms with Gasteiger partial charge in [-0.3, -0.25) is 9.59 Å². The van der Waals surface area contributed by atoms with E-state index >= 15 is 0 Å². The summed E-state index contributed by atoms with van der Waals surface area (Å²) in [6, 6.07) is 0.180. The van der Waals surface area contributed by atoms with E-state index in [1.807, 2.05) is 6.92 Å². The Hall–Kier alpha value is -1.14. The molecule has 100 valence electrons. The summed E-state index contributed by atoms with van der Waals surface area (Å²) in [6.45, 7) is 2.14. The van der Waals surface area contributed by atoms with E-state index in [-0.39, 0.29) is 25.1 Å². The number of unbranched alkanes of at least 4 members (excludes halogenated alkanes) is 1. The molecule has 0 heterocycles. The molecule has 6 heteroatoms. The first-order chi connectivity index (χ1) is 8.06. The second-order valence-corrected chi connectivity index (χ2v) is 3.90. The highest BCUT2D eigenvalue weighted by molar-refractivity contribution is 5.82. The Kier molecular flexibility index (Phi) is 9.37. The molecule has 0 aromatic carbocycles. The molecule has 0 radical (unpaired) electrons. The Labute approximate surface area is 102 Å². The highest BCUT2D eigenvalue weighted by atomic mass is 16.5. The zero-order valence-electron chi connectivity index (χ0n) is 10.5. The predicted octanol–water partition coefficient (Wildman–Crippen LogP) is -0.190. The van der Waals surface area contributed by atoms with Gasteiger partial charge in [0.1, 0.15) is 13.2 Å². The first-order valence-corrected chi connectivity index (χ1v) is 5.73. The number of hydrogen-bond donors (Lipinski definition) is 2. The molecule has 0 aliphatic heterocycles. The summed E-state index contributed by atoms with van der Waals surface area (Å²) >= 11 is 0. The second-order valence-electron chi connectivity index (χ2n) is 3.90. The Morgan fingerprint density at radius 3 is 2.65 bits per heavy atom. The zero-order chi connectivity index (χ0) is 13.1. The van der Waals surface area contributed by atoms with Gasteiger partial charge in [0, 0.05) is 13.2 Å². The number of ether oxygens (including phenoxy) is 2. The molecule has 17 heavy (non-hydrogen) atoms. The fourth-order valence-electron chi connectivity index (χ4n) is 1.16. The molecule has 0 bridgehead atoms. The number of carbonyl (C=O) groups is 2. The molecule has 0 saturated carbocycles. The fourth-order valence-corrected chi connectivity index (χ4v) is 1.16. The molecule has 0 saturated heterocycles. The minimum absolute atomic E-state index is 0.0539. The van der Waals surface area contributed by atoms with Crippen LogP contribution in [0.15, 0.2) is 0 Å². The third-order valence-corrected chi connectivity index (χ3v) is 2.02. The fraction of sp³-hybridized carbons (Fsp3) is 0.818. The van der Waals surface area contributed by atoms with E-state index in [4.69, 9.17) is 10.5 Å². The van der Waals surface area contributed by atoms with Crippen LogP contribution in [0, 0.1) is 0 Å². The van der Waals surface area contributed by atoms with Gasteiger partial charge < -0.3 is 20.5 Å². The van der Waals surface area contributed by atoms with Gasteiger partial charge in [-0.05, 0) is 26.2 Å². The van der Waals surface area contributed by atoms with Crippen molar-refractivity contribution in [1.29, 1.82) is 0 Å². The topological polar surface area (TPSA) is 90.6 Å². The largest absolute Gasteiger partial charge is 0.464 e. The van der Waals surface area contributed by atoms with Gasteiger partial charge in [-0.25, -0.2) is 0 Å². The highest BCUT2D eigenvalue weighted by Crippen LogP contribution is 1.98. The second kappa shape index (κ2) is 10.0. The average Bonchev–Trinajstić information content (AvgIpc) is 2.26. The highest BCUT2D eigenvalue weighted by Gasteiger charge is 2.05. The van der Waals surface area contributed by atoms with Crippen molar-refractivity contribution < 1.29 is 19.1 Å². The summed E-state index contributed by atoms with van der Waals surface area (Å²) in [4.78, 5) is 22.1. The van der Waals surface area contributed by atoms with Crippen LogP contribution < -0.4 is 11.1 Å². The normalized spacial score (nSPS) is 11.9. The predicted molar refractivity (Wildman–Crippen MR) is 63.3 cm³/mol. The maximum Gasteiger partial charge on any atom is 0.325 e. The number of methoxy groups -OCH3 is 1. The Morgan fingerprint density at radius 2 is 2.06 bits per heavy atom. The number of rotatable bonds is 9. The SMILES string of the molecule is COCC(=O)NCC(=O)OCCCCC(C)N. The number of carbonyl (C=O) groups excluding carboxylic acids is 2. The molecule has 0 aliphatic rings. The third kappa shape index (κ3) is 11.1. The lowest BCUT2D eigenvalue weighted by atomic mass is 10.1. The van der Waals surface area contributed by atoms with Crippen LogP contribution in [0.25, 0.3) is 0 Å². The summed E-state index contributed by atoms with van der Waals surface area (Å²) in [5.74, 6) is -0.767. The van der Waals surface area contributed by atoms with E-state index < -0.39 is 5.97 Å². The molecule has 1 amide bonds. The van der Waals surface area contributed by atoms with Crippen LogP contribution in [-0.4, -0.2) is 44.8 Å². The van der Waals surface area contributed by atoms with Gasteiger partial charge >= 0.3 is 5.97 Å². The lowest BCUT2D eigenvalue weighted by molar-refractivity contribution is -0.144. The van der Waals surface area contributed by atoms with Gasteiger partial charge in [-0.2, -0.15) is 0 Å². The van der Waals surface area contributed by atoms with Crippen molar-refractivity contribution in [3.63, 3.8) is 0 Å². The van der Waals surface area contributed by atoms with Gasteiger partial charge in [0.2, 0.25) is 5.91 Å². The number of amides is 1. The van der Waals surface area contributed by atoms with Crippen molar-refractivity contribution >= 4 is 11.9 Å². The van der Waals surface area contributed by atoms with E-state index in [0.717, 1.165) is 19.3 Å². The monoisotopic (exact) mass is 246 g/mol. The first kappa shape index (κ1) is 15.9. The lowest BCUT2D eigenvalue weighted by Crippen LogP contribution is -2.33.